The molecule has 0 aromatic heterocycles. The van der Waals surface area contributed by atoms with Gasteiger partial charge in [0.25, 0.3) is 0 Å². The number of carbonyl (C=O) groups excluding carboxylic acids is 1. The molecule has 0 radical (unpaired) electrons. The normalized spacial score (nSPS) is 34.1. The highest BCUT2D eigenvalue weighted by Gasteiger charge is 2.33. The lowest BCUT2D eigenvalue weighted by Gasteiger charge is -2.27. The van der Waals surface area contributed by atoms with Crippen LogP contribution >= 0.6 is 0 Å². The summed E-state index contributed by atoms with van der Waals surface area (Å²) in [7, 11) is 0. The fraction of sp³-hybridized carbons (Fsp3) is 0.938. The molecule has 2 rings (SSSR count). The van der Waals surface area contributed by atoms with Crippen LogP contribution in [0, 0.1) is 17.8 Å². The van der Waals surface area contributed by atoms with E-state index in [1.807, 2.05) is 0 Å². The van der Waals surface area contributed by atoms with Crippen molar-refractivity contribution in [2.45, 2.75) is 52.0 Å². The van der Waals surface area contributed by atoms with Gasteiger partial charge >= 0.3 is 0 Å². The topological polar surface area (TPSA) is 50.4 Å². The van der Waals surface area contributed by atoms with E-state index in [9.17, 15) is 4.79 Å². The molecule has 4 atom stereocenters. The van der Waals surface area contributed by atoms with Gasteiger partial charge in [-0.25, -0.2) is 0 Å². The van der Waals surface area contributed by atoms with Gasteiger partial charge in [0.2, 0.25) is 5.91 Å². The van der Waals surface area contributed by atoms with Gasteiger partial charge in [0.1, 0.15) is 0 Å². The summed E-state index contributed by atoms with van der Waals surface area (Å²) in [6.45, 7) is 7.50. The lowest BCUT2D eigenvalue weighted by atomic mass is 9.82. The first-order valence-corrected chi connectivity index (χ1v) is 8.29. The summed E-state index contributed by atoms with van der Waals surface area (Å²) >= 11 is 0. The third-order valence-electron chi connectivity index (χ3n) is 4.68. The van der Waals surface area contributed by atoms with Crippen LogP contribution in [-0.4, -0.2) is 38.3 Å². The van der Waals surface area contributed by atoms with Gasteiger partial charge in [-0.3, -0.25) is 4.79 Å². The average Bonchev–Trinajstić information content (AvgIpc) is 2.91. The molecule has 4 nitrogen and oxygen atoms in total. The minimum Gasteiger partial charge on any atom is -0.379 e. The fourth-order valence-corrected chi connectivity index (χ4v) is 3.46. The number of hydrogen-bond donors (Lipinski definition) is 2. The van der Waals surface area contributed by atoms with Crippen LogP contribution in [0.25, 0.3) is 0 Å². The molecular weight excluding hydrogens is 252 g/mol. The number of amides is 1. The van der Waals surface area contributed by atoms with Crippen molar-refractivity contribution in [3.8, 4) is 0 Å². The highest BCUT2D eigenvalue weighted by Crippen LogP contribution is 2.28. The van der Waals surface area contributed by atoms with Crippen molar-refractivity contribution in [1.82, 2.24) is 10.6 Å². The molecule has 0 spiro atoms. The Labute approximate surface area is 123 Å². The maximum Gasteiger partial charge on any atom is 0.227 e. The van der Waals surface area contributed by atoms with E-state index >= 15 is 0 Å². The number of carbonyl (C=O) groups is 1. The standard InChI is InChI=1S/C16H30N2O2/c1-3-7-17-15-11-20-10-14(15)16(19)18-9-13-6-4-5-12(2)8-13/h12-15,17H,3-11H2,1-2H3,(H,18,19). The molecule has 2 aliphatic rings. The Morgan fingerprint density at radius 1 is 1.30 bits per heavy atom. The molecule has 116 valence electrons. The molecule has 0 bridgehead atoms. The summed E-state index contributed by atoms with van der Waals surface area (Å²) < 4.78 is 5.47. The predicted molar refractivity (Wildman–Crippen MR) is 80.5 cm³/mol. The van der Waals surface area contributed by atoms with Gasteiger partial charge in [-0.2, -0.15) is 0 Å². The summed E-state index contributed by atoms with van der Waals surface area (Å²) in [6, 6.07) is 0.195. The van der Waals surface area contributed by atoms with Crippen molar-refractivity contribution in [3.05, 3.63) is 0 Å². The molecule has 20 heavy (non-hydrogen) atoms. The van der Waals surface area contributed by atoms with Crippen LogP contribution in [0.3, 0.4) is 0 Å². The Balaban J connectivity index is 1.73. The van der Waals surface area contributed by atoms with Crippen molar-refractivity contribution in [2.75, 3.05) is 26.3 Å². The Morgan fingerprint density at radius 3 is 2.90 bits per heavy atom. The maximum atomic E-state index is 12.3. The summed E-state index contributed by atoms with van der Waals surface area (Å²) in [4.78, 5) is 12.3. The van der Waals surface area contributed by atoms with Gasteiger partial charge < -0.3 is 15.4 Å². The second-order valence-corrected chi connectivity index (χ2v) is 6.59. The van der Waals surface area contributed by atoms with Crippen LogP contribution in [-0.2, 0) is 9.53 Å². The first-order chi connectivity index (χ1) is 9.70. The molecule has 2 N–H and O–H groups in total. The summed E-state index contributed by atoms with van der Waals surface area (Å²) in [6.07, 6.45) is 6.28. The van der Waals surface area contributed by atoms with Crippen molar-refractivity contribution >= 4 is 5.91 Å². The van der Waals surface area contributed by atoms with Gasteiger partial charge in [-0.1, -0.05) is 26.7 Å². The van der Waals surface area contributed by atoms with Crippen LogP contribution in [0.2, 0.25) is 0 Å². The summed E-state index contributed by atoms with van der Waals surface area (Å²) in [5, 5.41) is 6.58. The highest BCUT2D eigenvalue weighted by atomic mass is 16.5. The second-order valence-electron chi connectivity index (χ2n) is 6.59. The fourth-order valence-electron chi connectivity index (χ4n) is 3.46. The summed E-state index contributed by atoms with van der Waals surface area (Å²) in [5.74, 6) is 1.66. The average molecular weight is 282 g/mol. The minimum absolute atomic E-state index is 0.0115. The van der Waals surface area contributed by atoms with Gasteiger partial charge in [0.15, 0.2) is 0 Å². The Morgan fingerprint density at radius 2 is 2.15 bits per heavy atom. The van der Waals surface area contributed by atoms with E-state index in [1.165, 1.54) is 25.7 Å². The van der Waals surface area contributed by atoms with E-state index in [4.69, 9.17) is 4.74 Å². The van der Waals surface area contributed by atoms with Crippen LogP contribution < -0.4 is 10.6 Å². The molecule has 1 amide bonds. The quantitative estimate of drug-likeness (QED) is 0.783. The minimum atomic E-state index is -0.0115. The monoisotopic (exact) mass is 282 g/mol. The van der Waals surface area contributed by atoms with Gasteiger partial charge in [0.05, 0.1) is 19.1 Å². The third-order valence-corrected chi connectivity index (χ3v) is 4.68. The Kier molecular flexibility index (Phi) is 6.30. The zero-order valence-corrected chi connectivity index (χ0v) is 13.0. The van der Waals surface area contributed by atoms with Crippen LogP contribution in [0.15, 0.2) is 0 Å². The van der Waals surface area contributed by atoms with Crippen molar-refractivity contribution in [2.24, 2.45) is 17.8 Å². The zero-order chi connectivity index (χ0) is 14.4. The van der Waals surface area contributed by atoms with Crippen LogP contribution in [0.5, 0.6) is 0 Å². The van der Waals surface area contributed by atoms with E-state index < -0.39 is 0 Å². The van der Waals surface area contributed by atoms with Gasteiger partial charge in [-0.15, -0.1) is 0 Å². The first-order valence-electron chi connectivity index (χ1n) is 8.29. The van der Waals surface area contributed by atoms with E-state index in [2.05, 4.69) is 24.5 Å². The number of hydrogen-bond acceptors (Lipinski definition) is 3. The Hall–Kier alpha value is -0.610. The lowest BCUT2D eigenvalue weighted by Crippen LogP contribution is -2.45. The smallest absolute Gasteiger partial charge is 0.227 e. The maximum absolute atomic E-state index is 12.3. The molecule has 2 fully saturated rings. The second kappa shape index (κ2) is 7.99. The van der Waals surface area contributed by atoms with Crippen molar-refractivity contribution in [1.29, 1.82) is 0 Å². The molecule has 4 heteroatoms. The lowest BCUT2D eigenvalue weighted by molar-refractivity contribution is -0.125. The van der Waals surface area contributed by atoms with Crippen molar-refractivity contribution in [3.63, 3.8) is 0 Å². The molecule has 0 aromatic carbocycles. The molecule has 0 aromatic rings. The largest absolute Gasteiger partial charge is 0.379 e. The van der Waals surface area contributed by atoms with Gasteiger partial charge in [0, 0.05) is 12.6 Å². The molecule has 1 saturated heterocycles. The van der Waals surface area contributed by atoms with E-state index in [0.29, 0.717) is 19.1 Å². The molecular formula is C16H30N2O2. The number of nitrogens with one attached hydrogen (secondary N) is 2. The van der Waals surface area contributed by atoms with E-state index in [1.54, 1.807) is 0 Å². The molecule has 4 unspecified atom stereocenters. The van der Waals surface area contributed by atoms with Crippen LogP contribution in [0.4, 0.5) is 0 Å². The van der Waals surface area contributed by atoms with Crippen molar-refractivity contribution < 1.29 is 9.53 Å². The molecule has 1 aliphatic heterocycles. The first kappa shape index (κ1) is 15.8. The third kappa shape index (κ3) is 4.45. The Bertz CT molecular complexity index is 309. The van der Waals surface area contributed by atoms with Gasteiger partial charge in [-0.05, 0) is 37.6 Å². The van der Waals surface area contributed by atoms with Crippen LogP contribution in [0.1, 0.15) is 46.0 Å². The SMILES string of the molecule is CCCNC1COCC1C(=O)NCC1CCCC(C)C1. The van der Waals surface area contributed by atoms with E-state index in [-0.39, 0.29) is 17.9 Å². The number of ether oxygens (including phenoxy) is 1. The molecule has 1 heterocycles. The predicted octanol–water partition coefficient (Wildman–Crippen LogP) is 1.94. The molecule has 1 saturated carbocycles. The number of rotatable bonds is 6. The molecule has 1 aliphatic carbocycles. The summed E-state index contributed by atoms with van der Waals surface area (Å²) in [5.41, 5.74) is 0. The van der Waals surface area contributed by atoms with E-state index in [0.717, 1.165) is 25.4 Å². The zero-order valence-electron chi connectivity index (χ0n) is 13.0. The highest BCUT2D eigenvalue weighted by molar-refractivity contribution is 5.79.